The lowest BCUT2D eigenvalue weighted by Gasteiger charge is -2.15. The van der Waals surface area contributed by atoms with Gasteiger partial charge in [-0.25, -0.2) is 0 Å². The van der Waals surface area contributed by atoms with Crippen molar-refractivity contribution >= 4 is 39.1 Å². The molecule has 5 nitrogen and oxygen atoms in total. The van der Waals surface area contributed by atoms with Crippen LogP contribution in [0.3, 0.4) is 0 Å². The number of ether oxygens (including phenoxy) is 1. The zero-order valence-electron chi connectivity index (χ0n) is 16.1. The molecule has 7 heteroatoms. The fourth-order valence-corrected chi connectivity index (χ4v) is 4.08. The Kier molecular flexibility index (Phi) is 8.12. The van der Waals surface area contributed by atoms with Gasteiger partial charge in [-0.15, -0.1) is 0 Å². The molecule has 0 bridgehead atoms. The van der Waals surface area contributed by atoms with Gasteiger partial charge in [0.15, 0.2) is 0 Å². The average Bonchev–Trinajstić information content (AvgIpc) is 3.21. The van der Waals surface area contributed by atoms with Crippen LogP contribution in [-0.2, 0) is 6.54 Å². The fourth-order valence-electron chi connectivity index (χ4n) is 3.22. The Morgan fingerprint density at radius 2 is 2.21 bits per heavy atom. The molecule has 1 fully saturated rings. The second-order valence-corrected chi connectivity index (χ2v) is 8.29. The van der Waals surface area contributed by atoms with Crippen LogP contribution < -0.4 is 20.7 Å². The van der Waals surface area contributed by atoms with E-state index in [4.69, 9.17) is 16.3 Å². The maximum atomic E-state index is 12.7. The second kappa shape index (κ2) is 10.8. The van der Waals surface area contributed by atoms with E-state index < -0.39 is 0 Å². The van der Waals surface area contributed by atoms with Crippen molar-refractivity contribution in [3.8, 4) is 5.75 Å². The Morgan fingerprint density at radius 3 is 2.93 bits per heavy atom. The zero-order valence-corrected chi connectivity index (χ0v) is 18.5. The fraction of sp³-hybridized carbons (Fsp3) is 0.318. The van der Waals surface area contributed by atoms with Gasteiger partial charge in [0.1, 0.15) is 12.4 Å². The predicted molar refractivity (Wildman–Crippen MR) is 122 cm³/mol. The van der Waals surface area contributed by atoms with Crippen molar-refractivity contribution in [2.45, 2.75) is 13.0 Å². The van der Waals surface area contributed by atoms with Gasteiger partial charge >= 0.3 is 0 Å². The molecule has 2 aromatic rings. The summed E-state index contributed by atoms with van der Waals surface area (Å²) >= 11 is 9.35. The van der Waals surface area contributed by atoms with Crippen LogP contribution in [0, 0.1) is 5.92 Å². The standard InChI is InChI=1S/C22H25BrClN3O2/c1-2-9-29-21-10-15(12-26-14-16-7-8-25-13-16)3-6-20(21)27-22(28)18-5-4-17(24)11-19(18)23/h2-6,10-11,16,25-26H,1,7-9,12-14H2,(H,27,28). The molecule has 154 valence electrons. The van der Waals surface area contributed by atoms with E-state index >= 15 is 0 Å². The van der Waals surface area contributed by atoms with Gasteiger partial charge in [0, 0.05) is 16.0 Å². The molecule has 0 spiro atoms. The molecule has 1 saturated heterocycles. The lowest BCUT2D eigenvalue weighted by Crippen LogP contribution is -2.24. The third-order valence-electron chi connectivity index (χ3n) is 4.75. The van der Waals surface area contributed by atoms with Gasteiger partial charge in [-0.2, -0.15) is 0 Å². The first-order valence-electron chi connectivity index (χ1n) is 9.61. The molecule has 3 N–H and O–H groups in total. The van der Waals surface area contributed by atoms with Crippen molar-refractivity contribution in [2.75, 3.05) is 31.6 Å². The molecule has 3 rings (SSSR count). The lowest BCUT2D eigenvalue weighted by molar-refractivity contribution is 0.102. The zero-order chi connectivity index (χ0) is 20.6. The summed E-state index contributed by atoms with van der Waals surface area (Å²) in [4.78, 5) is 12.7. The van der Waals surface area contributed by atoms with E-state index in [1.807, 2.05) is 18.2 Å². The van der Waals surface area contributed by atoms with Gasteiger partial charge in [-0.3, -0.25) is 4.79 Å². The first-order valence-corrected chi connectivity index (χ1v) is 10.8. The molecule has 1 atom stereocenters. The number of anilines is 1. The van der Waals surface area contributed by atoms with Crippen molar-refractivity contribution < 1.29 is 9.53 Å². The van der Waals surface area contributed by atoms with Gasteiger partial charge < -0.3 is 20.7 Å². The predicted octanol–water partition coefficient (Wildman–Crippen LogP) is 4.62. The third-order valence-corrected chi connectivity index (χ3v) is 5.64. The van der Waals surface area contributed by atoms with Crippen LogP contribution in [0.4, 0.5) is 5.69 Å². The van der Waals surface area contributed by atoms with E-state index in [9.17, 15) is 4.79 Å². The first kappa shape index (κ1) is 21.8. The van der Waals surface area contributed by atoms with E-state index in [1.54, 1.807) is 24.3 Å². The highest BCUT2D eigenvalue weighted by molar-refractivity contribution is 9.10. The monoisotopic (exact) mass is 477 g/mol. The summed E-state index contributed by atoms with van der Waals surface area (Å²) in [6, 6.07) is 10.9. The minimum Gasteiger partial charge on any atom is -0.487 e. The summed E-state index contributed by atoms with van der Waals surface area (Å²) in [6.07, 6.45) is 2.89. The highest BCUT2D eigenvalue weighted by atomic mass is 79.9. The highest BCUT2D eigenvalue weighted by Gasteiger charge is 2.15. The van der Waals surface area contributed by atoms with Gasteiger partial charge in [0.2, 0.25) is 0 Å². The Bertz CT molecular complexity index is 869. The summed E-state index contributed by atoms with van der Waals surface area (Å²) in [5.74, 6) is 1.06. The second-order valence-electron chi connectivity index (χ2n) is 7.00. The minimum atomic E-state index is -0.239. The first-order chi connectivity index (χ1) is 14.1. The van der Waals surface area contributed by atoms with Gasteiger partial charge in [0.25, 0.3) is 5.91 Å². The van der Waals surface area contributed by atoms with E-state index in [-0.39, 0.29) is 5.91 Å². The Labute approximate surface area is 185 Å². The van der Waals surface area contributed by atoms with Crippen molar-refractivity contribution in [3.05, 3.63) is 69.7 Å². The topological polar surface area (TPSA) is 62.4 Å². The molecule has 1 amide bonds. The summed E-state index contributed by atoms with van der Waals surface area (Å²) in [5.41, 5.74) is 2.21. The van der Waals surface area contributed by atoms with Crippen LogP contribution in [0.5, 0.6) is 5.75 Å². The molecular weight excluding hydrogens is 454 g/mol. The number of hydrogen-bond acceptors (Lipinski definition) is 4. The summed E-state index contributed by atoms with van der Waals surface area (Å²) < 4.78 is 6.43. The van der Waals surface area contributed by atoms with Gasteiger partial charge in [-0.1, -0.05) is 30.3 Å². The Morgan fingerprint density at radius 1 is 1.34 bits per heavy atom. The lowest BCUT2D eigenvalue weighted by atomic mass is 10.1. The summed E-state index contributed by atoms with van der Waals surface area (Å²) in [5, 5.41) is 10.4. The molecule has 29 heavy (non-hydrogen) atoms. The number of benzene rings is 2. The molecular formula is C22H25BrClN3O2. The van der Waals surface area contributed by atoms with Crippen LogP contribution in [0.25, 0.3) is 0 Å². The van der Waals surface area contributed by atoms with Crippen molar-refractivity contribution in [3.63, 3.8) is 0 Å². The molecule has 1 aliphatic rings. The molecule has 0 aliphatic carbocycles. The number of amides is 1. The van der Waals surface area contributed by atoms with E-state index in [0.717, 1.165) is 31.7 Å². The molecule has 0 radical (unpaired) electrons. The number of carbonyl (C=O) groups excluding carboxylic acids is 1. The minimum absolute atomic E-state index is 0.239. The molecule has 1 heterocycles. The van der Waals surface area contributed by atoms with Crippen molar-refractivity contribution in [1.29, 1.82) is 0 Å². The molecule has 0 saturated carbocycles. The van der Waals surface area contributed by atoms with E-state index in [0.29, 0.717) is 39.0 Å². The Hall–Kier alpha value is -1.86. The number of halogens is 2. The molecule has 2 aromatic carbocycles. The average molecular weight is 479 g/mol. The number of nitrogens with one attached hydrogen (secondary N) is 3. The van der Waals surface area contributed by atoms with Crippen LogP contribution in [0.1, 0.15) is 22.3 Å². The maximum absolute atomic E-state index is 12.7. The SMILES string of the molecule is C=CCOc1cc(CNCC2CCNC2)ccc1NC(=O)c1ccc(Cl)cc1Br. The van der Waals surface area contributed by atoms with Crippen LogP contribution in [0.15, 0.2) is 53.5 Å². The summed E-state index contributed by atoms with van der Waals surface area (Å²) in [6.45, 7) is 7.97. The van der Waals surface area contributed by atoms with Gasteiger partial charge in [0.05, 0.1) is 11.3 Å². The number of carbonyl (C=O) groups is 1. The van der Waals surface area contributed by atoms with Crippen molar-refractivity contribution in [1.82, 2.24) is 10.6 Å². The van der Waals surface area contributed by atoms with Gasteiger partial charge in [-0.05, 0) is 83.8 Å². The van der Waals surface area contributed by atoms with E-state index in [2.05, 4.69) is 38.5 Å². The van der Waals surface area contributed by atoms with Crippen LogP contribution >= 0.6 is 27.5 Å². The number of rotatable bonds is 9. The normalized spacial score (nSPS) is 15.9. The Balaban J connectivity index is 1.69. The van der Waals surface area contributed by atoms with Crippen LogP contribution in [0.2, 0.25) is 5.02 Å². The summed E-state index contributed by atoms with van der Waals surface area (Å²) in [7, 11) is 0. The van der Waals surface area contributed by atoms with Crippen molar-refractivity contribution in [2.24, 2.45) is 5.92 Å². The quantitative estimate of drug-likeness (QED) is 0.460. The van der Waals surface area contributed by atoms with Crippen LogP contribution in [-0.4, -0.2) is 32.1 Å². The smallest absolute Gasteiger partial charge is 0.256 e. The maximum Gasteiger partial charge on any atom is 0.256 e. The molecule has 1 aliphatic heterocycles. The largest absolute Gasteiger partial charge is 0.487 e. The number of hydrogen-bond donors (Lipinski definition) is 3. The molecule has 0 aromatic heterocycles. The van der Waals surface area contributed by atoms with E-state index in [1.165, 1.54) is 6.42 Å². The third kappa shape index (κ3) is 6.31. The molecule has 1 unspecified atom stereocenters. The highest BCUT2D eigenvalue weighted by Crippen LogP contribution is 2.28.